The van der Waals surface area contributed by atoms with E-state index in [-0.39, 0.29) is 18.5 Å². The standard InChI is InChI=1S/C10H17O3/c1-3-10(11)13-9-6-4-8(12-2)5-7-9/h8-9H,1,3-7H2,2H3. The average molecular weight is 185 g/mol. The second-order valence-electron chi connectivity index (χ2n) is 3.37. The Balaban J connectivity index is 2.21. The second-order valence-corrected chi connectivity index (χ2v) is 3.37. The van der Waals surface area contributed by atoms with Crippen molar-refractivity contribution in [1.29, 1.82) is 0 Å². The molecule has 0 aliphatic heterocycles. The summed E-state index contributed by atoms with van der Waals surface area (Å²) in [5.41, 5.74) is 0. The number of hydrogen-bond donors (Lipinski definition) is 0. The zero-order chi connectivity index (χ0) is 9.68. The normalized spacial score (nSPS) is 28.5. The van der Waals surface area contributed by atoms with Crippen LogP contribution in [-0.4, -0.2) is 25.3 Å². The topological polar surface area (TPSA) is 35.5 Å². The van der Waals surface area contributed by atoms with Crippen LogP contribution in [0, 0.1) is 6.92 Å². The van der Waals surface area contributed by atoms with Gasteiger partial charge >= 0.3 is 5.97 Å². The van der Waals surface area contributed by atoms with Crippen molar-refractivity contribution in [2.24, 2.45) is 0 Å². The average Bonchev–Trinajstić information content (AvgIpc) is 2.19. The minimum atomic E-state index is -0.194. The number of rotatable bonds is 3. The zero-order valence-electron chi connectivity index (χ0n) is 8.12. The Morgan fingerprint density at radius 1 is 1.31 bits per heavy atom. The first-order valence-electron chi connectivity index (χ1n) is 4.77. The lowest BCUT2D eigenvalue weighted by Gasteiger charge is -2.27. The van der Waals surface area contributed by atoms with Gasteiger partial charge in [-0.05, 0) is 32.6 Å². The number of carbonyl (C=O) groups is 1. The summed E-state index contributed by atoms with van der Waals surface area (Å²) >= 11 is 0. The summed E-state index contributed by atoms with van der Waals surface area (Å²) in [4.78, 5) is 10.9. The molecule has 0 amide bonds. The number of methoxy groups -OCH3 is 1. The van der Waals surface area contributed by atoms with Crippen molar-refractivity contribution in [3.63, 3.8) is 0 Å². The molecule has 0 atom stereocenters. The Morgan fingerprint density at radius 3 is 2.31 bits per heavy atom. The van der Waals surface area contributed by atoms with Crippen molar-refractivity contribution in [2.75, 3.05) is 7.11 Å². The van der Waals surface area contributed by atoms with E-state index in [9.17, 15) is 4.79 Å². The zero-order valence-corrected chi connectivity index (χ0v) is 8.12. The first-order chi connectivity index (χ1) is 6.26. The molecule has 3 heteroatoms. The second kappa shape index (κ2) is 5.22. The van der Waals surface area contributed by atoms with Gasteiger partial charge in [0.15, 0.2) is 0 Å². The Kier molecular flexibility index (Phi) is 4.22. The third-order valence-electron chi connectivity index (χ3n) is 2.46. The summed E-state index contributed by atoms with van der Waals surface area (Å²) < 4.78 is 10.4. The van der Waals surface area contributed by atoms with Crippen molar-refractivity contribution in [3.05, 3.63) is 6.92 Å². The molecule has 0 aromatic rings. The summed E-state index contributed by atoms with van der Waals surface area (Å²) in [6.07, 6.45) is 4.51. The van der Waals surface area contributed by atoms with Crippen LogP contribution in [0.1, 0.15) is 32.1 Å². The minimum absolute atomic E-state index is 0.0978. The van der Waals surface area contributed by atoms with E-state index in [1.54, 1.807) is 7.11 Å². The fourth-order valence-electron chi connectivity index (χ4n) is 1.63. The van der Waals surface area contributed by atoms with Gasteiger partial charge < -0.3 is 9.47 Å². The minimum Gasteiger partial charge on any atom is -0.462 e. The monoisotopic (exact) mass is 185 g/mol. The molecule has 0 aromatic heterocycles. The van der Waals surface area contributed by atoms with E-state index < -0.39 is 0 Å². The smallest absolute Gasteiger partial charge is 0.306 e. The Hall–Kier alpha value is -0.570. The molecule has 0 unspecified atom stereocenters. The molecule has 1 aliphatic rings. The Morgan fingerprint density at radius 2 is 1.85 bits per heavy atom. The Labute approximate surface area is 79.4 Å². The lowest BCUT2D eigenvalue weighted by atomic mass is 9.95. The lowest BCUT2D eigenvalue weighted by molar-refractivity contribution is -0.150. The predicted molar refractivity (Wildman–Crippen MR) is 49.1 cm³/mol. The van der Waals surface area contributed by atoms with E-state index in [1.165, 1.54) is 0 Å². The van der Waals surface area contributed by atoms with Crippen molar-refractivity contribution in [1.82, 2.24) is 0 Å². The molecule has 0 spiro atoms. The molecule has 1 aliphatic carbocycles. The number of hydrogen-bond acceptors (Lipinski definition) is 3. The van der Waals surface area contributed by atoms with Crippen molar-refractivity contribution < 1.29 is 14.3 Å². The Bertz CT molecular complexity index is 160. The molecular weight excluding hydrogens is 168 g/mol. The number of esters is 1. The van der Waals surface area contributed by atoms with Crippen LogP contribution >= 0.6 is 0 Å². The molecule has 0 aromatic carbocycles. The van der Waals surface area contributed by atoms with E-state index in [0.717, 1.165) is 25.7 Å². The van der Waals surface area contributed by atoms with Gasteiger partial charge in [0.05, 0.1) is 6.10 Å². The third kappa shape index (κ3) is 3.35. The molecule has 3 nitrogen and oxygen atoms in total. The highest BCUT2D eigenvalue weighted by Crippen LogP contribution is 2.23. The van der Waals surface area contributed by atoms with E-state index in [0.29, 0.717) is 6.10 Å². The highest BCUT2D eigenvalue weighted by Gasteiger charge is 2.22. The van der Waals surface area contributed by atoms with Crippen LogP contribution in [0.25, 0.3) is 0 Å². The van der Waals surface area contributed by atoms with E-state index >= 15 is 0 Å². The quantitative estimate of drug-likeness (QED) is 0.628. The van der Waals surface area contributed by atoms with Crippen LogP contribution in [0.15, 0.2) is 0 Å². The largest absolute Gasteiger partial charge is 0.462 e. The SMILES string of the molecule is [CH2]CC(=O)OC1CCC(OC)CC1. The molecule has 75 valence electrons. The van der Waals surface area contributed by atoms with E-state index in [2.05, 4.69) is 6.92 Å². The molecule has 0 saturated heterocycles. The van der Waals surface area contributed by atoms with Gasteiger partial charge in [-0.3, -0.25) is 4.79 Å². The molecule has 1 fully saturated rings. The molecule has 13 heavy (non-hydrogen) atoms. The first-order valence-corrected chi connectivity index (χ1v) is 4.77. The van der Waals surface area contributed by atoms with Gasteiger partial charge in [0.2, 0.25) is 0 Å². The maximum Gasteiger partial charge on any atom is 0.306 e. The molecular formula is C10H17O3. The summed E-state index contributed by atoms with van der Waals surface area (Å²) in [7, 11) is 1.73. The predicted octanol–water partition coefficient (Wildman–Crippen LogP) is 1.71. The van der Waals surface area contributed by atoms with Crippen LogP contribution in [0.5, 0.6) is 0 Å². The van der Waals surface area contributed by atoms with Crippen LogP contribution in [0.2, 0.25) is 0 Å². The highest BCUT2D eigenvalue weighted by atomic mass is 16.5. The molecule has 1 saturated carbocycles. The fourth-order valence-corrected chi connectivity index (χ4v) is 1.63. The van der Waals surface area contributed by atoms with Gasteiger partial charge in [-0.1, -0.05) is 0 Å². The highest BCUT2D eigenvalue weighted by molar-refractivity contribution is 5.70. The van der Waals surface area contributed by atoms with Crippen molar-refractivity contribution in [2.45, 2.75) is 44.3 Å². The molecule has 1 rings (SSSR count). The van der Waals surface area contributed by atoms with E-state index in [1.807, 2.05) is 0 Å². The van der Waals surface area contributed by atoms with Gasteiger partial charge in [0.25, 0.3) is 0 Å². The lowest BCUT2D eigenvalue weighted by Crippen LogP contribution is -2.27. The van der Waals surface area contributed by atoms with Crippen molar-refractivity contribution >= 4 is 5.97 Å². The molecule has 0 heterocycles. The summed E-state index contributed by atoms with van der Waals surface area (Å²) in [6, 6.07) is 0. The van der Waals surface area contributed by atoms with Crippen LogP contribution in [0.4, 0.5) is 0 Å². The number of ether oxygens (including phenoxy) is 2. The maximum atomic E-state index is 10.9. The maximum absolute atomic E-state index is 10.9. The third-order valence-corrected chi connectivity index (χ3v) is 2.46. The van der Waals surface area contributed by atoms with Crippen molar-refractivity contribution in [3.8, 4) is 0 Å². The van der Waals surface area contributed by atoms with Gasteiger partial charge in [-0.2, -0.15) is 0 Å². The van der Waals surface area contributed by atoms with E-state index in [4.69, 9.17) is 9.47 Å². The van der Waals surface area contributed by atoms with Gasteiger partial charge in [-0.25, -0.2) is 0 Å². The summed E-state index contributed by atoms with van der Waals surface area (Å²) in [6.45, 7) is 3.48. The van der Waals surface area contributed by atoms with Gasteiger partial charge in [-0.15, -0.1) is 0 Å². The number of carbonyl (C=O) groups excluding carboxylic acids is 1. The van der Waals surface area contributed by atoms with Gasteiger partial charge in [0, 0.05) is 13.5 Å². The summed E-state index contributed by atoms with van der Waals surface area (Å²) in [5, 5.41) is 0. The molecule has 0 bridgehead atoms. The summed E-state index contributed by atoms with van der Waals surface area (Å²) in [5.74, 6) is -0.194. The van der Waals surface area contributed by atoms with Crippen LogP contribution < -0.4 is 0 Å². The van der Waals surface area contributed by atoms with Crippen LogP contribution in [-0.2, 0) is 14.3 Å². The fraction of sp³-hybridized carbons (Fsp3) is 0.800. The molecule has 1 radical (unpaired) electrons. The first kappa shape index (κ1) is 10.5. The van der Waals surface area contributed by atoms with Gasteiger partial charge in [0.1, 0.15) is 6.10 Å². The van der Waals surface area contributed by atoms with Crippen LogP contribution in [0.3, 0.4) is 0 Å². The molecule has 0 N–H and O–H groups in total.